The number of rotatable bonds is 8. The number of ether oxygens (including phenoxy) is 4. The number of hydrogen-bond acceptors (Lipinski definition) is 6. The molecule has 0 unspecified atom stereocenters. The zero-order chi connectivity index (χ0) is 24.6. The number of para-hydroxylation sites is 1. The van der Waals surface area contributed by atoms with Gasteiger partial charge in [0.2, 0.25) is 11.8 Å². The molecule has 35 heavy (non-hydrogen) atoms. The highest BCUT2D eigenvalue weighted by Gasteiger charge is 2.32. The summed E-state index contributed by atoms with van der Waals surface area (Å²) >= 11 is 0. The lowest BCUT2D eigenvalue weighted by Crippen LogP contribution is -2.40. The lowest BCUT2D eigenvalue weighted by Gasteiger charge is -2.31. The van der Waals surface area contributed by atoms with E-state index in [-0.39, 0.29) is 24.1 Å². The predicted molar refractivity (Wildman–Crippen MR) is 139 cm³/mol. The number of benzene rings is 2. The van der Waals surface area contributed by atoms with Gasteiger partial charge >= 0.3 is 0 Å². The first-order chi connectivity index (χ1) is 17.1. The third-order valence-corrected chi connectivity index (χ3v) is 6.90. The van der Waals surface area contributed by atoms with Gasteiger partial charge in [0.05, 0.1) is 26.9 Å². The summed E-state index contributed by atoms with van der Waals surface area (Å²) in [5.41, 5.74) is 2.48. The van der Waals surface area contributed by atoms with E-state index in [0.717, 1.165) is 31.4 Å². The van der Waals surface area contributed by atoms with Crippen LogP contribution in [0.4, 0.5) is 0 Å². The van der Waals surface area contributed by atoms with E-state index >= 15 is 0 Å². The van der Waals surface area contributed by atoms with Gasteiger partial charge in [0.25, 0.3) is 0 Å². The molecule has 0 aromatic heterocycles. The highest BCUT2D eigenvalue weighted by atomic mass is 16.5. The topological polar surface area (TPSA) is 61.6 Å². The number of nitrogens with zero attached hydrogens (tertiary/aromatic N) is 2. The van der Waals surface area contributed by atoms with E-state index < -0.39 is 0 Å². The molecule has 0 saturated heterocycles. The highest BCUT2D eigenvalue weighted by Crippen LogP contribution is 2.38. The third kappa shape index (κ3) is 6.43. The fraction of sp³-hybridized carbons (Fsp3) is 0.517. The standard InChI is InChI=1S/C29H38N2O4/c1-20(2)27-29(33-4)30-25(28(31-27)32-3)19-34-23-16-14-22(15-17-23)24-12-8-9-13-26(24)35-18-21-10-6-5-7-11-21/h5-13,20,22-23,25,27H,14-19H2,1-4H3/t22?,23?,25-,27+/m0/s1. The van der Waals surface area contributed by atoms with Crippen molar-refractivity contribution < 1.29 is 18.9 Å². The summed E-state index contributed by atoms with van der Waals surface area (Å²) in [7, 11) is 3.31. The van der Waals surface area contributed by atoms with Crippen LogP contribution in [-0.4, -0.2) is 50.8 Å². The smallest absolute Gasteiger partial charge is 0.211 e. The molecule has 1 aliphatic heterocycles. The monoisotopic (exact) mass is 478 g/mol. The van der Waals surface area contributed by atoms with Gasteiger partial charge in [-0.2, -0.15) is 0 Å². The second-order valence-corrected chi connectivity index (χ2v) is 9.67. The average Bonchev–Trinajstić information content (AvgIpc) is 2.91. The zero-order valence-corrected chi connectivity index (χ0v) is 21.4. The molecule has 2 aromatic carbocycles. The Hall–Kier alpha value is -2.86. The van der Waals surface area contributed by atoms with E-state index in [2.05, 4.69) is 50.2 Å². The lowest BCUT2D eigenvalue weighted by atomic mass is 9.82. The van der Waals surface area contributed by atoms with Gasteiger partial charge in [0.15, 0.2) is 6.04 Å². The zero-order valence-electron chi connectivity index (χ0n) is 21.4. The summed E-state index contributed by atoms with van der Waals surface area (Å²) < 4.78 is 23.6. The van der Waals surface area contributed by atoms with E-state index in [1.54, 1.807) is 14.2 Å². The van der Waals surface area contributed by atoms with Crippen molar-refractivity contribution in [3.8, 4) is 5.75 Å². The fourth-order valence-electron chi connectivity index (χ4n) is 4.92. The van der Waals surface area contributed by atoms with Gasteiger partial charge in [0.1, 0.15) is 18.4 Å². The molecule has 4 rings (SSSR count). The first kappa shape index (κ1) is 25.2. The summed E-state index contributed by atoms with van der Waals surface area (Å²) in [5.74, 6) is 3.05. The van der Waals surface area contributed by atoms with Gasteiger partial charge in [-0.25, -0.2) is 9.98 Å². The van der Waals surface area contributed by atoms with Gasteiger partial charge in [0, 0.05) is 0 Å². The molecule has 6 heteroatoms. The van der Waals surface area contributed by atoms with E-state index in [4.69, 9.17) is 28.9 Å². The van der Waals surface area contributed by atoms with E-state index in [1.165, 1.54) is 11.1 Å². The summed E-state index contributed by atoms with van der Waals surface area (Å²) in [6.45, 7) is 5.26. The van der Waals surface area contributed by atoms with Crippen LogP contribution >= 0.6 is 0 Å². The summed E-state index contributed by atoms with van der Waals surface area (Å²) in [5, 5.41) is 0. The van der Waals surface area contributed by atoms with Crippen LogP contribution in [0.3, 0.4) is 0 Å². The van der Waals surface area contributed by atoms with E-state index in [9.17, 15) is 0 Å². The molecular weight excluding hydrogens is 440 g/mol. The molecule has 2 aliphatic rings. The minimum Gasteiger partial charge on any atom is -0.489 e. The molecule has 1 heterocycles. The molecule has 0 spiro atoms. The van der Waals surface area contributed by atoms with Crippen molar-refractivity contribution in [2.45, 2.75) is 70.2 Å². The molecule has 1 aliphatic carbocycles. The normalized spacial score (nSPS) is 24.5. The largest absolute Gasteiger partial charge is 0.489 e. The minimum absolute atomic E-state index is 0.106. The Morgan fingerprint density at radius 2 is 1.51 bits per heavy atom. The third-order valence-electron chi connectivity index (χ3n) is 6.90. The molecule has 2 aromatic rings. The van der Waals surface area contributed by atoms with Crippen LogP contribution in [0.5, 0.6) is 5.75 Å². The number of aliphatic imine (C=N–C) groups is 2. The Morgan fingerprint density at radius 1 is 0.829 bits per heavy atom. The van der Waals surface area contributed by atoms with Crippen LogP contribution in [0.15, 0.2) is 64.6 Å². The first-order valence-corrected chi connectivity index (χ1v) is 12.7. The van der Waals surface area contributed by atoms with Crippen LogP contribution in [-0.2, 0) is 20.8 Å². The average molecular weight is 479 g/mol. The molecule has 1 saturated carbocycles. The Balaban J connectivity index is 1.31. The highest BCUT2D eigenvalue weighted by molar-refractivity contribution is 5.94. The lowest BCUT2D eigenvalue weighted by molar-refractivity contribution is 0.0216. The maximum Gasteiger partial charge on any atom is 0.211 e. The van der Waals surface area contributed by atoms with Crippen molar-refractivity contribution in [2.24, 2.45) is 15.9 Å². The Kier molecular flexibility index (Phi) is 8.80. The molecule has 0 radical (unpaired) electrons. The van der Waals surface area contributed by atoms with Gasteiger partial charge in [-0.1, -0.05) is 62.4 Å². The predicted octanol–water partition coefficient (Wildman–Crippen LogP) is 5.81. The van der Waals surface area contributed by atoms with Crippen LogP contribution in [0.2, 0.25) is 0 Å². The molecule has 0 amide bonds. The van der Waals surface area contributed by atoms with Crippen LogP contribution in [0, 0.1) is 5.92 Å². The van der Waals surface area contributed by atoms with Crippen LogP contribution in [0.1, 0.15) is 56.6 Å². The quantitative estimate of drug-likeness (QED) is 0.481. The first-order valence-electron chi connectivity index (χ1n) is 12.7. The summed E-state index contributed by atoms with van der Waals surface area (Å²) in [4.78, 5) is 9.50. The van der Waals surface area contributed by atoms with Gasteiger partial charge in [-0.05, 0) is 54.7 Å². The van der Waals surface area contributed by atoms with E-state index in [1.807, 2.05) is 18.2 Å². The van der Waals surface area contributed by atoms with Crippen molar-refractivity contribution in [2.75, 3.05) is 20.8 Å². The maximum absolute atomic E-state index is 6.31. The molecular formula is C29H38N2O4. The van der Waals surface area contributed by atoms with Gasteiger partial charge < -0.3 is 18.9 Å². The second-order valence-electron chi connectivity index (χ2n) is 9.67. The van der Waals surface area contributed by atoms with Crippen LogP contribution < -0.4 is 4.74 Å². The van der Waals surface area contributed by atoms with Crippen molar-refractivity contribution in [3.05, 3.63) is 65.7 Å². The molecule has 0 bridgehead atoms. The SMILES string of the molecule is COC1=N[C@H](C(C)C)C(OC)=N[C@H]1COC1CCC(c2ccccc2OCc2ccccc2)CC1. The summed E-state index contributed by atoms with van der Waals surface area (Å²) in [6, 6.07) is 18.4. The second kappa shape index (κ2) is 12.2. The van der Waals surface area contributed by atoms with E-state index in [0.29, 0.717) is 30.9 Å². The maximum atomic E-state index is 6.31. The van der Waals surface area contributed by atoms with Crippen molar-refractivity contribution in [3.63, 3.8) is 0 Å². The van der Waals surface area contributed by atoms with Crippen LogP contribution in [0.25, 0.3) is 0 Å². The summed E-state index contributed by atoms with van der Waals surface area (Å²) in [6.07, 6.45) is 4.40. The molecule has 1 fully saturated rings. The molecule has 0 N–H and O–H groups in total. The van der Waals surface area contributed by atoms with Crippen molar-refractivity contribution in [1.82, 2.24) is 0 Å². The Bertz CT molecular complexity index is 997. The molecule has 188 valence electrons. The Morgan fingerprint density at radius 3 is 2.20 bits per heavy atom. The minimum atomic E-state index is -0.255. The molecule has 6 nitrogen and oxygen atoms in total. The van der Waals surface area contributed by atoms with Crippen molar-refractivity contribution >= 4 is 11.8 Å². The number of methoxy groups -OCH3 is 2. The van der Waals surface area contributed by atoms with Crippen molar-refractivity contribution in [1.29, 1.82) is 0 Å². The molecule has 2 atom stereocenters. The number of hydrogen-bond donors (Lipinski definition) is 0. The van der Waals surface area contributed by atoms with Gasteiger partial charge in [-0.15, -0.1) is 0 Å². The van der Waals surface area contributed by atoms with Gasteiger partial charge in [-0.3, -0.25) is 0 Å². The fourth-order valence-corrected chi connectivity index (χ4v) is 4.92. The Labute approximate surface area is 209 Å².